The molecule has 1 fully saturated rings. The maximum Gasteiger partial charge on any atom is 0.320 e. The summed E-state index contributed by atoms with van der Waals surface area (Å²) >= 11 is 0. The number of carboxylic acids is 1. The fraction of sp³-hybridized carbons (Fsp3) is 0.533. The predicted octanol–water partition coefficient (Wildman–Crippen LogP) is 2.21. The van der Waals surface area contributed by atoms with Crippen molar-refractivity contribution in [2.24, 2.45) is 0 Å². The van der Waals surface area contributed by atoms with E-state index in [9.17, 15) is 18.4 Å². The van der Waals surface area contributed by atoms with Crippen LogP contribution in [0, 0.1) is 0 Å². The van der Waals surface area contributed by atoms with Crippen LogP contribution in [0.3, 0.4) is 0 Å². The molecule has 2 amide bonds. The third-order valence-corrected chi connectivity index (χ3v) is 3.75. The molecule has 0 atom stereocenters. The first-order valence-electron chi connectivity index (χ1n) is 7.40. The van der Waals surface area contributed by atoms with Crippen molar-refractivity contribution in [2.75, 3.05) is 19.6 Å². The van der Waals surface area contributed by atoms with Gasteiger partial charge in [0.15, 0.2) is 0 Å². The topological polar surface area (TPSA) is 73.7 Å². The summed E-state index contributed by atoms with van der Waals surface area (Å²) < 4.78 is 26.4. The highest BCUT2D eigenvalue weighted by Crippen LogP contribution is 2.28. The number of piperidine rings is 1. The molecule has 0 aromatic carbocycles. The molecule has 0 spiro atoms. The van der Waals surface area contributed by atoms with Gasteiger partial charge in [0.1, 0.15) is 0 Å². The van der Waals surface area contributed by atoms with Crippen LogP contribution >= 0.6 is 0 Å². The summed E-state index contributed by atoms with van der Waals surface area (Å²) in [5, 5.41) is 8.83. The van der Waals surface area contributed by atoms with E-state index >= 15 is 0 Å². The SMILES string of the molecule is O=C(O)CCN(Cc1ccncc1)C(=O)N1CCC(F)(F)CC1. The van der Waals surface area contributed by atoms with E-state index in [1.807, 2.05) is 0 Å². The highest BCUT2D eigenvalue weighted by Gasteiger charge is 2.36. The van der Waals surface area contributed by atoms with Gasteiger partial charge in [-0.1, -0.05) is 0 Å². The molecule has 1 saturated heterocycles. The number of pyridine rings is 1. The molecule has 1 aromatic heterocycles. The van der Waals surface area contributed by atoms with Gasteiger partial charge in [-0.05, 0) is 17.7 Å². The summed E-state index contributed by atoms with van der Waals surface area (Å²) in [6.45, 7) is 0.211. The number of halogens is 2. The number of carbonyl (C=O) groups is 2. The van der Waals surface area contributed by atoms with E-state index in [0.717, 1.165) is 5.56 Å². The van der Waals surface area contributed by atoms with E-state index in [1.165, 1.54) is 9.80 Å². The average Bonchev–Trinajstić information content (AvgIpc) is 2.51. The molecule has 0 radical (unpaired) electrons. The van der Waals surface area contributed by atoms with Crippen molar-refractivity contribution < 1.29 is 23.5 Å². The van der Waals surface area contributed by atoms with E-state index in [1.54, 1.807) is 24.5 Å². The summed E-state index contributed by atoms with van der Waals surface area (Å²) in [5.74, 6) is -3.74. The van der Waals surface area contributed by atoms with Gasteiger partial charge in [-0.3, -0.25) is 9.78 Å². The van der Waals surface area contributed by atoms with Crippen molar-refractivity contribution in [2.45, 2.75) is 31.7 Å². The lowest BCUT2D eigenvalue weighted by Gasteiger charge is -2.35. The lowest BCUT2D eigenvalue weighted by atomic mass is 10.1. The first-order valence-corrected chi connectivity index (χ1v) is 7.40. The number of likely N-dealkylation sites (tertiary alicyclic amines) is 1. The molecular weight excluding hydrogens is 308 g/mol. The Hall–Kier alpha value is -2.25. The maximum absolute atomic E-state index is 13.2. The number of nitrogens with zero attached hydrogens (tertiary/aromatic N) is 3. The number of amides is 2. The van der Waals surface area contributed by atoms with Crippen molar-refractivity contribution in [3.8, 4) is 0 Å². The minimum absolute atomic E-state index is 0.0221. The van der Waals surface area contributed by atoms with Crippen LogP contribution in [-0.4, -0.2) is 57.4 Å². The Balaban J connectivity index is 2.03. The molecule has 0 aliphatic carbocycles. The van der Waals surface area contributed by atoms with Gasteiger partial charge < -0.3 is 14.9 Å². The molecule has 1 aromatic rings. The van der Waals surface area contributed by atoms with E-state index in [2.05, 4.69) is 4.98 Å². The third-order valence-electron chi connectivity index (χ3n) is 3.75. The van der Waals surface area contributed by atoms with Gasteiger partial charge in [0.25, 0.3) is 5.92 Å². The van der Waals surface area contributed by atoms with E-state index < -0.39 is 17.9 Å². The van der Waals surface area contributed by atoms with Gasteiger partial charge in [0.05, 0.1) is 6.42 Å². The number of urea groups is 1. The summed E-state index contributed by atoms with van der Waals surface area (Å²) in [4.78, 5) is 29.9. The molecule has 8 heteroatoms. The molecule has 0 bridgehead atoms. The Kier molecular flexibility index (Phi) is 5.46. The van der Waals surface area contributed by atoms with Gasteiger partial charge in [-0.25, -0.2) is 13.6 Å². The quantitative estimate of drug-likeness (QED) is 0.900. The molecule has 0 unspecified atom stereocenters. The monoisotopic (exact) mass is 327 g/mol. The van der Waals surface area contributed by atoms with Crippen molar-refractivity contribution in [3.05, 3.63) is 30.1 Å². The van der Waals surface area contributed by atoms with Crippen LogP contribution < -0.4 is 0 Å². The van der Waals surface area contributed by atoms with Crippen molar-refractivity contribution in [1.82, 2.24) is 14.8 Å². The number of carboxylic acid groups (broad SMARTS) is 1. The minimum Gasteiger partial charge on any atom is -0.481 e. The molecule has 2 heterocycles. The Morgan fingerprint density at radius 2 is 1.87 bits per heavy atom. The smallest absolute Gasteiger partial charge is 0.320 e. The Bertz CT molecular complexity index is 544. The molecule has 23 heavy (non-hydrogen) atoms. The predicted molar refractivity (Wildman–Crippen MR) is 78.0 cm³/mol. The fourth-order valence-electron chi connectivity index (χ4n) is 2.41. The minimum atomic E-state index is -2.73. The van der Waals surface area contributed by atoms with E-state index in [-0.39, 0.29) is 45.4 Å². The summed E-state index contributed by atoms with van der Waals surface area (Å²) in [6.07, 6.45) is 2.25. The number of aliphatic carboxylic acids is 1. The maximum atomic E-state index is 13.2. The van der Waals surface area contributed by atoms with Crippen LogP contribution in [0.5, 0.6) is 0 Å². The second-order valence-electron chi connectivity index (χ2n) is 5.55. The molecule has 0 saturated carbocycles. The molecule has 1 N–H and O–H groups in total. The fourth-order valence-corrected chi connectivity index (χ4v) is 2.41. The lowest BCUT2D eigenvalue weighted by molar-refractivity contribution is -0.137. The summed E-state index contributed by atoms with van der Waals surface area (Å²) in [6, 6.07) is 3.05. The van der Waals surface area contributed by atoms with Gasteiger partial charge in [-0.2, -0.15) is 0 Å². The Morgan fingerprint density at radius 3 is 2.43 bits per heavy atom. The Morgan fingerprint density at radius 1 is 1.26 bits per heavy atom. The molecule has 1 aliphatic rings. The number of aromatic nitrogens is 1. The summed E-state index contributed by atoms with van der Waals surface area (Å²) in [7, 11) is 0. The number of hydrogen-bond acceptors (Lipinski definition) is 3. The second-order valence-corrected chi connectivity index (χ2v) is 5.55. The molecular formula is C15H19F2N3O3. The van der Waals surface area contributed by atoms with Crippen LogP contribution in [-0.2, 0) is 11.3 Å². The molecule has 6 nitrogen and oxygen atoms in total. The van der Waals surface area contributed by atoms with Crippen molar-refractivity contribution in [3.63, 3.8) is 0 Å². The molecule has 1 aliphatic heterocycles. The van der Waals surface area contributed by atoms with Crippen molar-refractivity contribution in [1.29, 1.82) is 0 Å². The normalized spacial score (nSPS) is 16.9. The Labute approximate surface area is 132 Å². The number of rotatable bonds is 5. The number of alkyl halides is 2. The van der Waals surface area contributed by atoms with Gasteiger partial charge >= 0.3 is 12.0 Å². The zero-order chi connectivity index (χ0) is 16.9. The molecule has 2 rings (SSSR count). The highest BCUT2D eigenvalue weighted by atomic mass is 19.3. The highest BCUT2D eigenvalue weighted by molar-refractivity contribution is 5.75. The largest absolute Gasteiger partial charge is 0.481 e. The average molecular weight is 327 g/mol. The van der Waals surface area contributed by atoms with Crippen LogP contribution in [0.2, 0.25) is 0 Å². The second kappa shape index (κ2) is 7.34. The molecule has 126 valence electrons. The number of hydrogen-bond donors (Lipinski definition) is 1. The lowest BCUT2D eigenvalue weighted by Crippen LogP contribution is -2.49. The van der Waals surface area contributed by atoms with E-state index in [0.29, 0.717) is 0 Å². The number of carbonyl (C=O) groups excluding carboxylic acids is 1. The van der Waals surface area contributed by atoms with Crippen LogP contribution in [0.15, 0.2) is 24.5 Å². The zero-order valence-corrected chi connectivity index (χ0v) is 12.6. The van der Waals surface area contributed by atoms with Crippen LogP contribution in [0.4, 0.5) is 13.6 Å². The van der Waals surface area contributed by atoms with Crippen molar-refractivity contribution >= 4 is 12.0 Å². The van der Waals surface area contributed by atoms with E-state index in [4.69, 9.17) is 5.11 Å². The van der Waals surface area contributed by atoms with Gasteiger partial charge in [-0.15, -0.1) is 0 Å². The summed E-state index contributed by atoms with van der Waals surface area (Å²) in [5.41, 5.74) is 0.807. The van der Waals surface area contributed by atoms with Crippen LogP contribution in [0.1, 0.15) is 24.8 Å². The third kappa shape index (κ3) is 5.15. The first kappa shape index (κ1) is 17.1. The van der Waals surface area contributed by atoms with Gasteiger partial charge in [0, 0.05) is 51.4 Å². The van der Waals surface area contributed by atoms with Crippen LogP contribution in [0.25, 0.3) is 0 Å². The zero-order valence-electron chi connectivity index (χ0n) is 12.6. The first-order chi connectivity index (χ1) is 10.9. The standard InChI is InChI=1S/C15H19F2N3O3/c16-15(17)4-9-19(10-5-15)14(23)20(8-3-13(21)22)11-12-1-6-18-7-2-12/h1-2,6-7H,3-5,8-11H2,(H,21,22). The van der Waals surface area contributed by atoms with Gasteiger partial charge in [0.2, 0.25) is 0 Å².